The van der Waals surface area contributed by atoms with Crippen molar-refractivity contribution in [2.45, 2.75) is 38.0 Å². The van der Waals surface area contributed by atoms with Crippen LogP contribution in [0.4, 0.5) is 0 Å². The van der Waals surface area contributed by atoms with Gasteiger partial charge in [0.25, 0.3) is 0 Å². The smallest absolute Gasteiger partial charge is 0.163 e. The van der Waals surface area contributed by atoms with E-state index in [4.69, 9.17) is 0 Å². The number of ketones is 1. The number of Topliss-reactive ketones (excluding diaryl/α,β-unsaturated/α-hetero) is 1. The number of rotatable bonds is 5. The van der Waals surface area contributed by atoms with E-state index in [1.165, 1.54) is 30.4 Å². The molecule has 0 unspecified atom stereocenters. The van der Waals surface area contributed by atoms with Gasteiger partial charge in [-0.2, -0.15) is 0 Å². The molecule has 0 atom stereocenters. The fourth-order valence-corrected chi connectivity index (χ4v) is 2.66. The summed E-state index contributed by atoms with van der Waals surface area (Å²) in [6.07, 6.45) is 8.77. The Morgan fingerprint density at radius 2 is 1.95 bits per heavy atom. The zero-order chi connectivity index (χ0) is 13.8. The summed E-state index contributed by atoms with van der Waals surface area (Å²) in [7, 11) is 0. The van der Waals surface area contributed by atoms with Gasteiger partial charge < -0.3 is 0 Å². The van der Waals surface area contributed by atoms with Gasteiger partial charge in [-0.25, -0.2) is 0 Å². The van der Waals surface area contributed by atoms with E-state index in [-0.39, 0.29) is 5.78 Å². The molecule has 1 aliphatic carbocycles. The zero-order valence-electron chi connectivity index (χ0n) is 11.6. The molecule has 1 aromatic carbocycles. The second-order valence-corrected chi connectivity index (χ2v) is 5.53. The quantitative estimate of drug-likeness (QED) is 0.760. The molecular formula is C18H19NO. The zero-order valence-corrected chi connectivity index (χ0v) is 11.6. The number of aromatic nitrogens is 1. The van der Waals surface area contributed by atoms with Crippen LogP contribution in [0.3, 0.4) is 0 Å². The SMILES string of the molecule is O=C(CCc1ccncc1)c1cccc(C2CCC2)c1. The van der Waals surface area contributed by atoms with Gasteiger partial charge in [0.15, 0.2) is 5.78 Å². The average Bonchev–Trinajstić information content (AvgIpc) is 2.44. The van der Waals surface area contributed by atoms with Crippen molar-refractivity contribution >= 4 is 5.78 Å². The van der Waals surface area contributed by atoms with Crippen LogP contribution in [0.15, 0.2) is 48.8 Å². The molecule has 0 amide bonds. The van der Waals surface area contributed by atoms with Gasteiger partial charge in [-0.05, 0) is 54.5 Å². The van der Waals surface area contributed by atoms with Crippen LogP contribution >= 0.6 is 0 Å². The molecule has 3 rings (SSSR count). The van der Waals surface area contributed by atoms with E-state index in [9.17, 15) is 4.79 Å². The number of pyridine rings is 1. The van der Waals surface area contributed by atoms with Crippen LogP contribution in [0, 0.1) is 0 Å². The molecule has 102 valence electrons. The molecule has 0 radical (unpaired) electrons. The highest BCUT2D eigenvalue weighted by Crippen LogP contribution is 2.36. The number of carbonyl (C=O) groups is 1. The Morgan fingerprint density at radius 3 is 2.65 bits per heavy atom. The van der Waals surface area contributed by atoms with Gasteiger partial charge in [-0.1, -0.05) is 24.6 Å². The first-order valence-electron chi connectivity index (χ1n) is 7.35. The molecule has 1 aliphatic rings. The Bertz CT molecular complexity index is 587. The van der Waals surface area contributed by atoms with Crippen LogP contribution in [0.2, 0.25) is 0 Å². The highest BCUT2D eigenvalue weighted by atomic mass is 16.1. The molecule has 2 nitrogen and oxygen atoms in total. The number of nitrogens with zero attached hydrogens (tertiary/aromatic N) is 1. The summed E-state index contributed by atoms with van der Waals surface area (Å²) in [5.41, 5.74) is 3.37. The molecule has 1 heterocycles. The van der Waals surface area contributed by atoms with Gasteiger partial charge >= 0.3 is 0 Å². The van der Waals surface area contributed by atoms with E-state index in [1.807, 2.05) is 24.3 Å². The lowest BCUT2D eigenvalue weighted by Gasteiger charge is -2.26. The molecule has 20 heavy (non-hydrogen) atoms. The van der Waals surface area contributed by atoms with E-state index in [0.29, 0.717) is 12.3 Å². The second kappa shape index (κ2) is 6.00. The van der Waals surface area contributed by atoms with Crippen LogP contribution in [-0.4, -0.2) is 10.8 Å². The molecule has 1 aromatic heterocycles. The van der Waals surface area contributed by atoms with Gasteiger partial charge in [0, 0.05) is 24.4 Å². The lowest BCUT2D eigenvalue weighted by molar-refractivity contribution is 0.0982. The van der Waals surface area contributed by atoms with Gasteiger partial charge in [0.2, 0.25) is 0 Å². The van der Waals surface area contributed by atoms with Crippen molar-refractivity contribution in [2.24, 2.45) is 0 Å². The third-order valence-corrected chi connectivity index (χ3v) is 4.18. The fraction of sp³-hybridized carbons (Fsp3) is 0.333. The summed E-state index contributed by atoms with van der Waals surface area (Å²) in [6, 6.07) is 12.2. The largest absolute Gasteiger partial charge is 0.294 e. The van der Waals surface area contributed by atoms with E-state index >= 15 is 0 Å². The van der Waals surface area contributed by atoms with Crippen LogP contribution in [0.1, 0.15) is 53.1 Å². The summed E-state index contributed by atoms with van der Waals surface area (Å²) in [4.78, 5) is 16.3. The highest BCUT2D eigenvalue weighted by molar-refractivity contribution is 5.96. The molecule has 0 aliphatic heterocycles. The van der Waals surface area contributed by atoms with E-state index in [1.54, 1.807) is 12.4 Å². The Morgan fingerprint density at radius 1 is 1.15 bits per heavy atom. The first-order chi connectivity index (χ1) is 9.83. The lowest BCUT2D eigenvalue weighted by atomic mass is 9.79. The normalized spacial score (nSPS) is 14.8. The predicted octanol–water partition coefficient (Wildman–Crippen LogP) is 4.16. The third-order valence-electron chi connectivity index (χ3n) is 4.18. The summed E-state index contributed by atoms with van der Waals surface area (Å²) < 4.78 is 0. The number of hydrogen-bond acceptors (Lipinski definition) is 2. The van der Waals surface area contributed by atoms with Gasteiger partial charge in [0.1, 0.15) is 0 Å². The third kappa shape index (κ3) is 2.96. The Balaban J connectivity index is 1.64. The number of hydrogen-bond donors (Lipinski definition) is 0. The van der Waals surface area contributed by atoms with Crippen molar-refractivity contribution in [1.82, 2.24) is 4.98 Å². The number of aryl methyl sites for hydroxylation is 1. The molecule has 1 fully saturated rings. The summed E-state index contributed by atoms with van der Waals surface area (Å²) in [6.45, 7) is 0. The maximum atomic E-state index is 12.3. The minimum atomic E-state index is 0.239. The monoisotopic (exact) mass is 265 g/mol. The molecule has 0 N–H and O–H groups in total. The molecule has 2 aromatic rings. The summed E-state index contributed by atoms with van der Waals surface area (Å²) >= 11 is 0. The first kappa shape index (κ1) is 13.0. The number of carbonyl (C=O) groups excluding carboxylic acids is 1. The molecule has 0 bridgehead atoms. The standard InChI is InChI=1S/C18H19NO/c20-18(8-7-14-9-11-19-12-10-14)17-6-2-5-16(13-17)15-3-1-4-15/h2,5-6,9-13,15H,1,3-4,7-8H2. The minimum Gasteiger partial charge on any atom is -0.294 e. The van der Waals surface area contributed by atoms with Crippen molar-refractivity contribution in [1.29, 1.82) is 0 Å². The Kier molecular flexibility index (Phi) is 3.91. The van der Waals surface area contributed by atoms with Crippen LogP contribution < -0.4 is 0 Å². The lowest BCUT2D eigenvalue weighted by Crippen LogP contribution is -2.10. The van der Waals surface area contributed by atoms with Crippen LogP contribution in [0.25, 0.3) is 0 Å². The second-order valence-electron chi connectivity index (χ2n) is 5.53. The molecule has 0 saturated heterocycles. The maximum absolute atomic E-state index is 12.3. The minimum absolute atomic E-state index is 0.239. The molecular weight excluding hydrogens is 246 g/mol. The van der Waals surface area contributed by atoms with Gasteiger partial charge in [0.05, 0.1) is 0 Å². The fourth-order valence-electron chi connectivity index (χ4n) is 2.66. The van der Waals surface area contributed by atoms with Crippen LogP contribution in [0.5, 0.6) is 0 Å². The van der Waals surface area contributed by atoms with E-state index in [2.05, 4.69) is 17.1 Å². The van der Waals surface area contributed by atoms with Gasteiger partial charge in [-0.15, -0.1) is 0 Å². The summed E-state index contributed by atoms with van der Waals surface area (Å²) in [5, 5.41) is 0. The average molecular weight is 265 g/mol. The number of benzene rings is 1. The molecule has 1 saturated carbocycles. The van der Waals surface area contributed by atoms with Crippen molar-refractivity contribution in [2.75, 3.05) is 0 Å². The van der Waals surface area contributed by atoms with Crippen molar-refractivity contribution in [3.05, 3.63) is 65.5 Å². The van der Waals surface area contributed by atoms with Crippen LogP contribution in [-0.2, 0) is 6.42 Å². The maximum Gasteiger partial charge on any atom is 0.163 e. The topological polar surface area (TPSA) is 30.0 Å². The van der Waals surface area contributed by atoms with Crippen molar-refractivity contribution < 1.29 is 4.79 Å². The predicted molar refractivity (Wildman–Crippen MR) is 79.9 cm³/mol. The van der Waals surface area contributed by atoms with Crippen molar-refractivity contribution in [3.8, 4) is 0 Å². The molecule has 0 spiro atoms. The van der Waals surface area contributed by atoms with Gasteiger partial charge in [-0.3, -0.25) is 9.78 Å². The first-order valence-corrected chi connectivity index (χ1v) is 7.35. The van der Waals surface area contributed by atoms with E-state index in [0.717, 1.165) is 12.0 Å². The Labute approximate surface area is 119 Å². The highest BCUT2D eigenvalue weighted by Gasteiger charge is 2.20. The summed E-state index contributed by atoms with van der Waals surface area (Å²) in [5.74, 6) is 0.922. The van der Waals surface area contributed by atoms with E-state index < -0.39 is 0 Å². The van der Waals surface area contributed by atoms with Crippen molar-refractivity contribution in [3.63, 3.8) is 0 Å². The molecule has 2 heteroatoms. The Hall–Kier alpha value is -1.96.